The van der Waals surface area contributed by atoms with E-state index >= 15 is 0 Å². The predicted octanol–water partition coefficient (Wildman–Crippen LogP) is 5.46. The summed E-state index contributed by atoms with van der Waals surface area (Å²) in [6, 6.07) is 26.3. The Morgan fingerprint density at radius 3 is 2.73 bits per heavy atom. The van der Waals surface area contributed by atoms with Crippen molar-refractivity contribution in [1.82, 2.24) is 5.32 Å². The third-order valence-corrected chi connectivity index (χ3v) is 6.82. The summed E-state index contributed by atoms with van der Waals surface area (Å²) in [6.07, 6.45) is 4.94. The van der Waals surface area contributed by atoms with Crippen LogP contribution in [0.5, 0.6) is 11.5 Å². The van der Waals surface area contributed by atoms with E-state index in [1.165, 1.54) is 5.56 Å². The number of benzene rings is 4. The Bertz CT molecular complexity index is 1450. The molecule has 1 aliphatic carbocycles. The highest BCUT2D eigenvalue weighted by molar-refractivity contribution is 5.90. The minimum atomic E-state index is -0.0164. The van der Waals surface area contributed by atoms with Crippen molar-refractivity contribution in [3.8, 4) is 11.5 Å². The summed E-state index contributed by atoms with van der Waals surface area (Å²) < 4.78 is 11.5. The van der Waals surface area contributed by atoms with E-state index in [0.29, 0.717) is 13.0 Å². The fourth-order valence-corrected chi connectivity index (χ4v) is 4.97. The molecule has 1 atom stereocenters. The molecule has 1 amide bonds. The molecule has 4 aromatic carbocycles. The Morgan fingerprint density at radius 2 is 1.86 bits per heavy atom. The Labute approximate surface area is 217 Å². The highest BCUT2D eigenvalue weighted by Gasteiger charge is 2.22. The normalized spacial score (nSPS) is 14.9. The summed E-state index contributed by atoms with van der Waals surface area (Å²) in [5.41, 5.74) is 5.42. The van der Waals surface area contributed by atoms with E-state index in [1.54, 1.807) is 13.3 Å². The number of methoxy groups -OCH3 is 1. The van der Waals surface area contributed by atoms with Gasteiger partial charge in [-0.05, 0) is 94.3 Å². The van der Waals surface area contributed by atoms with Gasteiger partial charge in [0, 0.05) is 0 Å². The molecule has 0 aromatic heterocycles. The largest absolute Gasteiger partial charge is 0.497 e. The number of carbonyl (C=O) groups is 1. The first-order chi connectivity index (χ1) is 18.1. The van der Waals surface area contributed by atoms with Crippen molar-refractivity contribution in [3.05, 3.63) is 107 Å². The maximum Gasteiger partial charge on any atom is 0.224 e. The average molecular weight is 494 g/mol. The molecule has 1 aliphatic rings. The van der Waals surface area contributed by atoms with Crippen LogP contribution in [0.2, 0.25) is 0 Å². The van der Waals surface area contributed by atoms with Crippen LogP contribution in [0.25, 0.3) is 10.8 Å². The quantitative estimate of drug-likeness (QED) is 0.194. The van der Waals surface area contributed by atoms with Gasteiger partial charge in [-0.25, -0.2) is 0 Å². The second-order valence-electron chi connectivity index (χ2n) is 9.41. The molecule has 1 unspecified atom stereocenters. The van der Waals surface area contributed by atoms with Gasteiger partial charge in [-0.2, -0.15) is 5.10 Å². The molecular formula is C31H31N3O3. The van der Waals surface area contributed by atoms with Crippen LogP contribution in [-0.4, -0.2) is 19.2 Å². The maximum atomic E-state index is 12.9. The lowest BCUT2D eigenvalue weighted by molar-refractivity contribution is -0.121. The maximum absolute atomic E-state index is 12.9. The van der Waals surface area contributed by atoms with Gasteiger partial charge in [0.15, 0.2) is 0 Å². The van der Waals surface area contributed by atoms with Gasteiger partial charge >= 0.3 is 0 Å². The van der Waals surface area contributed by atoms with Crippen molar-refractivity contribution in [2.45, 2.75) is 38.3 Å². The summed E-state index contributed by atoms with van der Waals surface area (Å²) in [4.78, 5) is 12.9. The number of nitrogens with one attached hydrogen (secondary N) is 1. The first-order valence-electron chi connectivity index (χ1n) is 12.5. The molecule has 6 nitrogen and oxygen atoms in total. The Balaban J connectivity index is 1.26. The van der Waals surface area contributed by atoms with E-state index < -0.39 is 0 Å². The number of hydrogen-bond acceptors (Lipinski definition) is 5. The SMILES string of the molecule is COc1cccc(CC(=O)NC2CCCc3ccc(OCc4ccc5cc(C=NN)ccc5c4)cc32)c1. The molecule has 5 rings (SSSR count). The molecule has 0 heterocycles. The van der Waals surface area contributed by atoms with E-state index in [4.69, 9.17) is 15.3 Å². The second kappa shape index (κ2) is 11.2. The number of nitrogens with two attached hydrogens (primary N) is 1. The van der Waals surface area contributed by atoms with Gasteiger partial charge in [-0.1, -0.05) is 42.5 Å². The van der Waals surface area contributed by atoms with Crippen LogP contribution in [0.15, 0.2) is 84.0 Å². The van der Waals surface area contributed by atoms with Crippen molar-refractivity contribution in [1.29, 1.82) is 0 Å². The number of hydrogen-bond donors (Lipinski definition) is 2. The van der Waals surface area contributed by atoms with Gasteiger partial charge < -0.3 is 20.6 Å². The number of carbonyl (C=O) groups excluding carboxylic acids is 1. The zero-order valence-corrected chi connectivity index (χ0v) is 20.9. The minimum Gasteiger partial charge on any atom is -0.497 e. The fourth-order valence-electron chi connectivity index (χ4n) is 4.97. The first-order valence-corrected chi connectivity index (χ1v) is 12.5. The molecule has 4 aromatic rings. The zero-order valence-electron chi connectivity index (χ0n) is 20.9. The second-order valence-corrected chi connectivity index (χ2v) is 9.41. The molecule has 0 radical (unpaired) electrons. The molecule has 188 valence electrons. The Kier molecular flexibility index (Phi) is 7.36. The van der Waals surface area contributed by atoms with E-state index in [-0.39, 0.29) is 11.9 Å². The van der Waals surface area contributed by atoms with Crippen LogP contribution in [0.4, 0.5) is 0 Å². The van der Waals surface area contributed by atoms with Crippen LogP contribution in [0.1, 0.15) is 46.7 Å². The van der Waals surface area contributed by atoms with Gasteiger partial charge in [-0.15, -0.1) is 0 Å². The Hall–Kier alpha value is -4.32. The third-order valence-electron chi connectivity index (χ3n) is 6.82. The minimum absolute atomic E-state index is 0.00878. The summed E-state index contributed by atoms with van der Waals surface area (Å²) in [5.74, 6) is 6.84. The smallest absolute Gasteiger partial charge is 0.224 e. The summed E-state index contributed by atoms with van der Waals surface area (Å²) in [6.45, 7) is 0.466. The van der Waals surface area contributed by atoms with Gasteiger partial charge in [0.2, 0.25) is 5.91 Å². The van der Waals surface area contributed by atoms with Crippen LogP contribution in [0.3, 0.4) is 0 Å². The molecule has 0 saturated carbocycles. The lowest BCUT2D eigenvalue weighted by Gasteiger charge is -2.27. The van der Waals surface area contributed by atoms with E-state index in [9.17, 15) is 4.79 Å². The van der Waals surface area contributed by atoms with Crippen LogP contribution in [-0.2, 0) is 24.2 Å². The Morgan fingerprint density at radius 1 is 1.00 bits per heavy atom. The van der Waals surface area contributed by atoms with Crippen LogP contribution >= 0.6 is 0 Å². The molecule has 0 saturated heterocycles. The average Bonchev–Trinajstić information content (AvgIpc) is 2.92. The van der Waals surface area contributed by atoms with Crippen molar-refractivity contribution in [2.75, 3.05) is 7.11 Å². The summed E-state index contributed by atoms with van der Waals surface area (Å²) in [5, 5.41) is 9.11. The molecule has 0 spiro atoms. The number of amides is 1. The lowest BCUT2D eigenvalue weighted by atomic mass is 9.87. The van der Waals surface area contributed by atoms with Crippen LogP contribution < -0.4 is 20.6 Å². The topological polar surface area (TPSA) is 85.9 Å². The lowest BCUT2D eigenvalue weighted by Crippen LogP contribution is -2.32. The third kappa shape index (κ3) is 5.92. The standard InChI is InChI=1S/C31H31N3O3/c1-36-27-6-2-4-21(16-27)17-31(35)34-30-7-3-5-24-12-13-28(18-29(24)30)37-20-23-9-11-25-14-22(19-33-32)8-10-26(25)15-23/h2,4,6,8-16,18-19,30H,3,5,7,17,20,32H2,1H3,(H,34,35). The highest BCUT2D eigenvalue weighted by Crippen LogP contribution is 2.33. The van der Waals surface area contributed by atoms with E-state index in [2.05, 4.69) is 52.9 Å². The van der Waals surface area contributed by atoms with E-state index in [0.717, 1.165) is 63.8 Å². The van der Waals surface area contributed by atoms with Gasteiger partial charge in [0.1, 0.15) is 18.1 Å². The first kappa shape index (κ1) is 24.4. The number of fused-ring (bicyclic) bond motifs is 2. The molecule has 0 fully saturated rings. The molecule has 0 aliphatic heterocycles. The van der Waals surface area contributed by atoms with Crippen molar-refractivity contribution in [3.63, 3.8) is 0 Å². The van der Waals surface area contributed by atoms with Gasteiger partial charge in [0.25, 0.3) is 0 Å². The number of hydrazone groups is 1. The van der Waals surface area contributed by atoms with Crippen molar-refractivity contribution in [2.24, 2.45) is 10.9 Å². The number of nitrogens with zero attached hydrogens (tertiary/aromatic N) is 1. The molecule has 0 bridgehead atoms. The highest BCUT2D eigenvalue weighted by atomic mass is 16.5. The number of rotatable bonds is 8. The molecular weight excluding hydrogens is 462 g/mol. The van der Waals surface area contributed by atoms with Crippen LogP contribution in [0, 0.1) is 0 Å². The summed E-state index contributed by atoms with van der Waals surface area (Å²) >= 11 is 0. The van der Waals surface area contributed by atoms with Gasteiger partial charge in [-0.3, -0.25) is 4.79 Å². The monoisotopic (exact) mass is 493 g/mol. The number of aryl methyl sites for hydroxylation is 1. The van der Waals surface area contributed by atoms with Crippen molar-refractivity contribution >= 4 is 22.9 Å². The molecule has 6 heteroatoms. The molecule has 37 heavy (non-hydrogen) atoms. The number of ether oxygens (including phenoxy) is 2. The molecule has 3 N–H and O–H groups in total. The zero-order chi connectivity index (χ0) is 25.6. The fraction of sp³-hybridized carbons (Fsp3) is 0.226. The van der Waals surface area contributed by atoms with Gasteiger partial charge in [0.05, 0.1) is 25.8 Å². The summed E-state index contributed by atoms with van der Waals surface area (Å²) in [7, 11) is 1.63. The van der Waals surface area contributed by atoms with Crippen molar-refractivity contribution < 1.29 is 14.3 Å². The van der Waals surface area contributed by atoms with E-state index in [1.807, 2.05) is 36.4 Å². The predicted molar refractivity (Wildman–Crippen MR) is 147 cm³/mol.